The van der Waals surface area contributed by atoms with Crippen LogP contribution in [0.15, 0.2) is 30.9 Å². The molecule has 112 valence electrons. The fraction of sp³-hybridized carbons (Fsp3) is 0.500. The second-order valence-electron chi connectivity index (χ2n) is 5.62. The van der Waals surface area contributed by atoms with E-state index in [9.17, 15) is 0 Å². The molecule has 0 spiro atoms. The molecule has 0 N–H and O–H groups in total. The Morgan fingerprint density at radius 3 is 2.86 bits per heavy atom. The fourth-order valence-corrected chi connectivity index (χ4v) is 2.84. The van der Waals surface area contributed by atoms with Crippen LogP contribution in [0.2, 0.25) is 0 Å². The minimum absolute atomic E-state index is 0.120. The van der Waals surface area contributed by atoms with Crippen molar-refractivity contribution in [2.24, 2.45) is 0 Å². The average Bonchev–Trinajstić information content (AvgIpc) is 3.09. The van der Waals surface area contributed by atoms with Crippen molar-refractivity contribution in [2.45, 2.75) is 45.6 Å². The van der Waals surface area contributed by atoms with E-state index in [0.717, 1.165) is 12.0 Å². The van der Waals surface area contributed by atoms with Gasteiger partial charge in [0.2, 0.25) is 5.79 Å². The van der Waals surface area contributed by atoms with Crippen molar-refractivity contribution in [3.8, 4) is 0 Å². The van der Waals surface area contributed by atoms with Gasteiger partial charge in [0.15, 0.2) is 0 Å². The van der Waals surface area contributed by atoms with Gasteiger partial charge in [0.05, 0.1) is 12.7 Å². The molecule has 0 amide bonds. The number of hydrogen-bond acceptors (Lipinski definition) is 4. The fourth-order valence-electron chi connectivity index (χ4n) is 2.84. The van der Waals surface area contributed by atoms with Gasteiger partial charge in [-0.05, 0) is 25.8 Å². The van der Waals surface area contributed by atoms with E-state index >= 15 is 0 Å². The van der Waals surface area contributed by atoms with Crippen LogP contribution in [0.25, 0.3) is 0 Å². The Kier molecular flexibility index (Phi) is 3.78. The Labute approximate surface area is 124 Å². The van der Waals surface area contributed by atoms with E-state index in [1.165, 1.54) is 17.5 Å². The summed E-state index contributed by atoms with van der Waals surface area (Å²) in [5.41, 5.74) is 3.48. The lowest BCUT2D eigenvalue weighted by molar-refractivity contribution is -0.189. The number of nitrogens with zero attached hydrogens (tertiary/aromatic N) is 3. The third-order valence-corrected chi connectivity index (χ3v) is 3.94. The van der Waals surface area contributed by atoms with Crippen LogP contribution in [-0.4, -0.2) is 27.5 Å². The molecule has 1 saturated heterocycles. The van der Waals surface area contributed by atoms with Gasteiger partial charge in [-0.1, -0.05) is 30.7 Å². The third kappa shape index (κ3) is 2.71. The summed E-state index contributed by atoms with van der Waals surface area (Å²) >= 11 is 0. The quantitative estimate of drug-likeness (QED) is 0.867. The molecule has 1 aliphatic rings. The molecule has 1 fully saturated rings. The highest BCUT2D eigenvalue weighted by atomic mass is 16.7. The zero-order valence-corrected chi connectivity index (χ0v) is 12.7. The van der Waals surface area contributed by atoms with Gasteiger partial charge in [0.25, 0.3) is 0 Å². The number of hydrogen-bond donors (Lipinski definition) is 0. The second-order valence-corrected chi connectivity index (χ2v) is 5.62. The standard InChI is InChI=1S/C16H21N3O2/c1-4-14-8-20-16(21-14,9-19-11-17-10-18-19)15-6-5-12(2)7-13(15)3/h5-7,10-11,14H,4,8-9H2,1-3H3. The van der Waals surface area contributed by atoms with Gasteiger partial charge < -0.3 is 9.47 Å². The average molecular weight is 287 g/mol. The first-order valence-corrected chi connectivity index (χ1v) is 7.35. The van der Waals surface area contributed by atoms with E-state index in [1.807, 2.05) is 0 Å². The molecule has 5 heteroatoms. The largest absolute Gasteiger partial charge is 0.342 e. The monoisotopic (exact) mass is 287 g/mol. The number of ether oxygens (including phenoxy) is 2. The summed E-state index contributed by atoms with van der Waals surface area (Å²) in [6.45, 7) is 7.41. The number of aryl methyl sites for hydroxylation is 2. The van der Waals surface area contributed by atoms with E-state index < -0.39 is 5.79 Å². The first kappa shape index (κ1) is 14.2. The van der Waals surface area contributed by atoms with Crippen LogP contribution >= 0.6 is 0 Å². The molecular weight excluding hydrogens is 266 g/mol. The van der Waals surface area contributed by atoms with Gasteiger partial charge in [-0.2, -0.15) is 5.10 Å². The van der Waals surface area contributed by atoms with Gasteiger partial charge >= 0.3 is 0 Å². The van der Waals surface area contributed by atoms with E-state index in [1.54, 1.807) is 11.0 Å². The molecule has 2 heterocycles. The number of benzene rings is 1. The van der Waals surface area contributed by atoms with E-state index in [-0.39, 0.29) is 6.10 Å². The van der Waals surface area contributed by atoms with Gasteiger partial charge in [-0.3, -0.25) is 0 Å². The highest BCUT2D eigenvalue weighted by molar-refractivity contribution is 5.34. The van der Waals surface area contributed by atoms with Crippen molar-refractivity contribution < 1.29 is 9.47 Å². The molecule has 2 atom stereocenters. The van der Waals surface area contributed by atoms with Gasteiger partial charge in [0.1, 0.15) is 19.2 Å². The van der Waals surface area contributed by atoms with E-state index in [2.05, 4.69) is 49.1 Å². The number of rotatable bonds is 4. The predicted molar refractivity (Wildman–Crippen MR) is 78.7 cm³/mol. The molecule has 0 radical (unpaired) electrons. The summed E-state index contributed by atoms with van der Waals surface area (Å²) in [5, 5.41) is 4.19. The van der Waals surface area contributed by atoms with Crippen LogP contribution in [0.3, 0.4) is 0 Å². The van der Waals surface area contributed by atoms with Gasteiger partial charge in [-0.25, -0.2) is 9.67 Å². The Morgan fingerprint density at radius 2 is 2.24 bits per heavy atom. The molecule has 0 aliphatic carbocycles. The molecule has 2 aromatic rings. The zero-order valence-electron chi connectivity index (χ0n) is 12.7. The molecule has 0 bridgehead atoms. The van der Waals surface area contributed by atoms with Crippen LogP contribution < -0.4 is 0 Å². The molecule has 3 rings (SSSR count). The number of aromatic nitrogens is 3. The van der Waals surface area contributed by atoms with Crippen molar-refractivity contribution in [1.82, 2.24) is 14.8 Å². The van der Waals surface area contributed by atoms with E-state index in [0.29, 0.717) is 13.2 Å². The molecule has 0 saturated carbocycles. The second kappa shape index (κ2) is 5.58. The first-order chi connectivity index (χ1) is 10.1. The van der Waals surface area contributed by atoms with Crippen LogP contribution in [0, 0.1) is 13.8 Å². The Hall–Kier alpha value is -1.72. The lowest BCUT2D eigenvalue weighted by Gasteiger charge is -2.30. The minimum Gasteiger partial charge on any atom is -0.342 e. The lowest BCUT2D eigenvalue weighted by Crippen LogP contribution is -2.34. The van der Waals surface area contributed by atoms with Crippen LogP contribution in [0.5, 0.6) is 0 Å². The Bertz CT molecular complexity index is 612. The predicted octanol–water partition coefficient (Wildman–Crippen LogP) is 2.57. The Balaban J connectivity index is 1.99. The van der Waals surface area contributed by atoms with Crippen LogP contribution in [0.4, 0.5) is 0 Å². The summed E-state index contributed by atoms with van der Waals surface area (Å²) < 4.78 is 14.1. The van der Waals surface area contributed by atoms with Gasteiger partial charge in [-0.15, -0.1) is 0 Å². The third-order valence-electron chi connectivity index (χ3n) is 3.94. The first-order valence-electron chi connectivity index (χ1n) is 7.35. The Morgan fingerprint density at radius 1 is 1.38 bits per heavy atom. The van der Waals surface area contributed by atoms with Crippen LogP contribution in [-0.2, 0) is 21.8 Å². The molecule has 5 nitrogen and oxygen atoms in total. The summed E-state index contributed by atoms with van der Waals surface area (Å²) in [7, 11) is 0. The highest BCUT2D eigenvalue weighted by Crippen LogP contribution is 2.38. The molecule has 21 heavy (non-hydrogen) atoms. The molecule has 1 aliphatic heterocycles. The molecule has 1 aromatic heterocycles. The van der Waals surface area contributed by atoms with E-state index in [4.69, 9.17) is 9.47 Å². The van der Waals surface area contributed by atoms with Crippen molar-refractivity contribution >= 4 is 0 Å². The maximum atomic E-state index is 6.27. The topological polar surface area (TPSA) is 49.2 Å². The summed E-state index contributed by atoms with van der Waals surface area (Å²) in [4.78, 5) is 4.01. The summed E-state index contributed by atoms with van der Waals surface area (Å²) in [6, 6.07) is 6.35. The SMILES string of the molecule is CCC1COC(Cn2cncn2)(c2ccc(C)cc2C)O1. The molecule has 1 aromatic carbocycles. The van der Waals surface area contributed by atoms with Crippen molar-refractivity contribution in [2.75, 3.05) is 6.61 Å². The lowest BCUT2D eigenvalue weighted by atomic mass is 9.98. The molecular formula is C16H21N3O2. The minimum atomic E-state index is -0.772. The molecule has 2 unspecified atom stereocenters. The maximum Gasteiger partial charge on any atom is 0.215 e. The van der Waals surface area contributed by atoms with Crippen LogP contribution in [0.1, 0.15) is 30.0 Å². The highest BCUT2D eigenvalue weighted by Gasteiger charge is 2.44. The summed E-state index contributed by atoms with van der Waals surface area (Å²) in [6.07, 6.45) is 4.28. The van der Waals surface area contributed by atoms with Crippen molar-refractivity contribution in [3.63, 3.8) is 0 Å². The maximum absolute atomic E-state index is 6.27. The zero-order chi connectivity index (χ0) is 14.9. The smallest absolute Gasteiger partial charge is 0.215 e. The van der Waals surface area contributed by atoms with Crippen molar-refractivity contribution in [3.05, 3.63) is 47.5 Å². The van der Waals surface area contributed by atoms with Gasteiger partial charge in [0, 0.05) is 5.56 Å². The summed E-state index contributed by atoms with van der Waals surface area (Å²) in [5.74, 6) is -0.772. The normalized spacial score (nSPS) is 25.4. The van der Waals surface area contributed by atoms with Crippen molar-refractivity contribution in [1.29, 1.82) is 0 Å².